The monoisotopic (exact) mass is 386 g/mol. The van der Waals surface area contributed by atoms with Gasteiger partial charge >= 0.3 is 0 Å². The second-order valence-corrected chi connectivity index (χ2v) is 6.62. The van der Waals surface area contributed by atoms with Gasteiger partial charge in [-0.15, -0.1) is 0 Å². The van der Waals surface area contributed by atoms with E-state index >= 15 is 0 Å². The zero-order valence-electron chi connectivity index (χ0n) is 10.8. The molecule has 0 saturated heterocycles. The highest BCUT2D eigenvalue weighted by Crippen LogP contribution is 2.26. The van der Waals surface area contributed by atoms with Crippen LogP contribution in [0.5, 0.6) is 0 Å². The number of halogens is 2. The lowest BCUT2D eigenvalue weighted by atomic mass is 10.2. The summed E-state index contributed by atoms with van der Waals surface area (Å²) >= 11 is 4.13. The summed E-state index contributed by atoms with van der Waals surface area (Å²) in [7, 11) is -1.47. The first-order chi connectivity index (χ1) is 10.1. The Labute approximate surface area is 137 Å². The van der Waals surface area contributed by atoms with E-state index in [4.69, 9.17) is 5.14 Å². The maximum absolute atomic E-state index is 13.5. The Bertz CT molecular complexity index is 677. The lowest BCUT2D eigenvalue weighted by molar-refractivity contribution is 0.603. The van der Waals surface area contributed by atoms with Gasteiger partial charge in [-0.1, -0.05) is 34.1 Å². The summed E-state index contributed by atoms with van der Waals surface area (Å²) in [5.74, 6) is -0.443. The maximum Gasteiger partial charge on any atom is 0.142 e. The van der Waals surface area contributed by atoms with Gasteiger partial charge in [-0.05, 0) is 47.9 Å². The Hall–Kier alpha value is -1.15. The van der Waals surface area contributed by atoms with Crippen molar-refractivity contribution >= 4 is 50.6 Å². The Balaban J connectivity index is 2.08. The van der Waals surface area contributed by atoms with Crippen LogP contribution in [0.3, 0.4) is 0 Å². The van der Waals surface area contributed by atoms with Gasteiger partial charge in [0, 0.05) is 9.88 Å². The molecule has 110 valence electrons. The highest BCUT2D eigenvalue weighted by Gasteiger charge is 2.08. The first-order valence-corrected chi connectivity index (χ1v) is 8.75. The molecule has 7 heteroatoms. The summed E-state index contributed by atoms with van der Waals surface area (Å²) in [5, 5.41) is 6.92. The number of hydrogen-bond acceptors (Lipinski definition) is 3. The average molecular weight is 387 g/mol. The molecule has 2 aromatic rings. The van der Waals surface area contributed by atoms with Gasteiger partial charge in [-0.2, -0.15) is 0 Å². The molecule has 0 radical (unpaired) electrons. The smallest absolute Gasteiger partial charge is 0.142 e. The number of nitrogens with one attached hydrogen (secondary N) is 1. The van der Waals surface area contributed by atoms with E-state index in [0.717, 1.165) is 22.0 Å². The standard InChI is InChI=1S/C14H12BrFN2OS2/c15-11-6-4-10(5-7-11)8-9-21(19)18-13-3-1-2-12(16)14(13)20-17/h1-9,18H,17H2/b9-8+. The van der Waals surface area contributed by atoms with Crippen LogP contribution in [0.1, 0.15) is 5.56 Å². The molecule has 21 heavy (non-hydrogen) atoms. The van der Waals surface area contributed by atoms with E-state index in [9.17, 15) is 8.60 Å². The predicted octanol–water partition coefficient (Wildman–Crippen LogP) is 4.30. The van der Waals surface area contributed by atoms with E-state index in [1.807, 2.05) is 24.3 Å². The van der Waals surface area contributed by atoms with Crippen molar-refractivity contribution in [2.75, 3.05) is 4.72 Å². The van der Waals surface area contributed by atoms with Crippen LogP contribution in [0.4, 0.5) is 10.1 Å². The van der Waals surface area contributed by atoms with Crippen molar-refractivity contribution in [1.82, 2.24) is 0 Å². The van der Waals surface area contributed by atoms with Crippen LogP contribution < -0.4 is 9.86 Å². The van der Waals surface area contributed by atoms with Gasteiger partial charge in [-0.25, -0.2) is 8.60 Å². The molecule has 0 saturated carbocycles. The summed E-state index contributed by atoms with van der Waals surface area (Å²) in [4.78, 5) is 0.239. The molecule has 1 unspecified atom stereocenters. The normalized spacial score (nSPS) is 12.5. The molecule has 0 spiro atoms. The first kappa shape index (κ1) is 16.2. The van der Waals surface area contributed by atoms with Gasteiger partial charge in [0.2, 0.25) is 0 Å². The zero-order chi connectivity index (χ0) is 15.2. The molecule has 2 rings (SSSR count). The van der Waals surface area contributed by atoms with Crippen LogP contribution in [-0.2, 0) is 11.0 Å². The Morgan fingerprint density at radius 3 is 2.62 bits per heavy atom. The van der Waals surface area contributed by atoms with Gasteiger partial charge in [0.15, 0.2) is 0 Å². The minimum absolute atomic E-state index is 0.239. The molecule has 0 aliphatic rings. The second-order valence-electron chi connectivity index (χ2n) is 3.99. The zero-order valence-corrected chi connectivity index (χ0v) is 14.0. The number of rotatable bonds is 5. The summed E-state index contributed by atoms with van der Waals surface area (Å²) < 4.78 is 29.2. The van der Waals surface area contributed by atoms with Gasteiger partial charge in [0.25, 0.3) is 0 Å². The van der Waals surface area contributed by atoms with Crippen molar-refractivity contribution in [3.63, 3.8) is 0 Å². The second kappa shape index (κ2) is 7.74. The Kier molecular flexibility index (Phi) is 5.98. The Morgan fingerprint density at radius 2 is 1.95 bits per heavy atom. The van der Waals surface area contributed by atoms with E-state index in [0.29, 0.717) is 5.69 Å². The molecular weight excluding hydrogens is 375 g/mol. The first-order valence-electron chi connectivity index (χ1n) is 5.86. The fourth-order valence-corrected chi connectivity index (χ4v) is 3.06. The highest BCUT2D eigenvalue weighted by atomic mass is 79.9. The van der Waals surface area contributed by atoms with Gasteiger partial charge in [-0.3, -0.25) is 5.14 Å². The molecule has 0 bridgehead atoms. The third-order valence-electron chi connectivity index (χ3n) is 2.55. The molecule has 0 aliphatic carbocycles. The molecule has 2 aromatic carbocycles. The molecule has 3 nitrogen and oxygen atoms in total. The van der Waals surface area contributed by atoms with Crippen molar-refractivity contribution in [2.45, 2.75) is 4.90 Å². The molecule has 3 N–H and O–H groups in total. The van der Waals surface area contributed by atoms with E-state index < -0.39 is 16.8 Å². The fraction of sp³-hybridized carbons (Fsp3) is 0. The average Bonchev–Trinajstić information content (AvgIpc) is 2.47. The van der Waals surface area contributed by atoms with Crippen molar-refractivity contribution < 1.29 is 8.60 Å². The van der Waals surface area contributed by atoms with Crippen molar-refractivity contribution in [3.05, 3.63) is 63.7 Å². The third-order valence-corrected chi connectivity index (χ3v) is 4.53. The number of hydrogen-bond donors (Lipinski definition) is 2. The van der Waals surface area contributed by atoms with Crippen molar-refractivity contribution in [3.8, 4) is 0 Å². The lowest BCUT2D eigenvalue weighted by Crippen LogP contribution is -2.03. The maximum atomic E-state index is 13.5. The number of nitrogens with two attached hydrogens (primary N) is 1. The Morgan fingerprint density at radius 1 is 1.24 bits per heavy atom. The van der Waals surface area contributed by atoms with Crippen LogP contribution in [0.2, 0.25) is 0 Å². The summed E-state index contributed by atoms with van der Waals surface area (Å²) in [6, 6.07) is 12.0. The number of anilines is 1. The minimum Gasteiger partial charge on any atom is -0.300 e. The quantitative estimate of drug-likeness (QED) is 0.753. The molecule has 0 aromatic heterocycles. The lowest BCUT2D eigenvalue weighted by Gasteiger charge is -2.08. The summed E-state index contributed by atoms with van der Waals surface area (Å²) in [5.41, 5.74) is 1.32. The molecule has 1 atom stereocenters. The number of benzene rings is 2. The summed E-state index contributed by atoms with van der Waals surface area (Å²) in [6.07, 6.45) is 1.73. The molecular formula is C14H12BrFN2OS2. The van der Waals surface area contributed by atoms with Gasteiger partial charge in [0.05, 0.1) is 10.6 Å². The van der Waals surface area contributed by atoms with Crippen LogP contribution in [-0.4, -0.2) is 4.21 Å². The van der Waals surface area contributed by atoms with Crippen LogP contribution in [0, 0.1) is 5.82 Å². The van der Waals surface area contributed by atoms with Gasteiger partial charge < -0.3 is 4.72 Å². The topological polar surface area (TPSA) is 55.1 Å². The highest BCUT2D eigenvalue weighted by molar-refractivity contribution is 9.10. The molecule has 0 fully saturated rings. The van der Waals surface area contributed by atoms with E-state index in [1.54, 1.807) is 12.1 Å². The van der Waals surface area contributed by atoms with Crippen molar-refractivity contribution in [2.24, 2.45) is 5.14 Å². The molecule has 0 aliphatic heterocycles. The summed E-state index contributed by atoms with van der Waals surface area (Å²) in [6.45, 7) is 0. The third kappa shape index (κ3) is 4.67. The van der Waals surface area contributed by atoms with Crippen LogP contribution in [0.15, 0.2) is 57.2 Å². The molecule has 0 amide bonds. The predicted molar refractivity (Wildman–Crippen MR) is 91.4 cm³/mol. The van der Waals surface area contributed by atoms with E-state index in [-0.39, 0.29) is 4.90 Å². The largest absolute Gasteiger partial charge is 0.300 e. The van der Waals surface area contributed by atoms with E-state index in [1.165, 1.54) is 17.5 Å². The van der Waals surface area contributed by atoms with E-state index in [2.05, 4.69) is 20.7 Å². The van der Waals surface area contributed by atoms with Crippen LogP contribution >= 0.6 is 27.9 Å². The fourth-order valence-electron chi connectivity index (χ4n) is 1.57. The SMILES string of the molecule is NSc1c(F)cccc1NS(=O)/C=C/c1ccc(Br)cc1. The van der Waals surface area contributed by atoms with Crippen molar-refractivity contribution in [1.29, 1.82) is 0 Å². The van der Waals surface area contributed by atoms with Crippen LogP contribution in [0.25, 0.3) is 6.08 Å². The molecule has 0 heterocycles. The minimum atomic E-state index is -1.47. The van der Waals surface area contributed by atoms with Gasteiger partial charge in [0.1, 0.15) is 16.8 Å².